The topological polar surface area (TPSA) is 47.9 Å². The van der Waals surface area contributed by atoms with Gasteiger partial charge < -0.3 is 9.47 Å². The van der Waals surface area contributed by atoms with Gasteiger partial charge in [0.2, 0.25) is 0 Å². The smallest absolute Gasteiger partial charge is 0.258 e. The molecule has 4 nitrogen and oxygen atoms in total. The molecule has 0 aromatic carbocycles. The Morgan fingerprint density at radius 3 is 2.78 bits per heavy atom. The molecule has 1 heterocycles. The molecule has 0 amide bonds. The molecule has 4 aliphatic carbocycles. The number of hydrogen-bond donors (Lipinski definition) is 0. The van der Waals surface area contributed by atoms with E-state index in [-0.39, 0.29) is 10.8 Å². The summed E-state index contributed by atoms with van der Waals surface area (Å²) in [5.41, 5.74) is 4.45. The van der Waals surface area contributed by atoms with Gasteiger partial charge in [-0.3, -0.25) is 4.79 Å². The first kappa shape index (κ1) is 17.8. The van der Waals surface area contributed by atoms with E-state index < -0.39 is 6.41 Å². The van der Waals surface area contributed by atoms with Gasteiger partial charge in [-0.25, -0.2) is 4.99 Å². The maximum absolute atomic E-state index is 12.0. The molecule has 2 fully saturated rings. The molecule has 4 heteroatoms. The van der Waals surface area contributed by atoms with Crippen LogP contribution in [-0.2, 0) is 14.3 Å². The van der Waals surface area contributed by atoms with Crippen molar-refractivity contribution in [2.45, 2.75) is 65.2 Å². The van der Waals surface area contributed by atoms with Crippen molar-refractivity contribution >= 4 is 11.5 Å². The number of hydrogen-bond acceptors (Lipinski definition) is 4. The fraction of sp³-hybridized carbons (Fsp3) is 0.739. The fourth-order valence-corrected chi connectivity index (χ4v) is 7.19. The van der Waals surface area contributed by atoms with Crippen molar-refractivity contribution in [1.82, 2.24) is 0 Å². The van der Waals surface area contributed by atoms with Crippen LogP contribution in [0.25, 0.3) is 0 Å². The van der Waals surface area contributed by atoms with Crippen LogP contribution in [-0.4, -0.2) is 31.6 Å². The van der Waals surface area contributed by atoms with E-state index in [1.54, 1.807) is 7.11 Å². The molecule has 2 saturated carbocycles. The van der Waals surface area contributed by atoms with Crippen molar-refractivity contribution in [3.05, 3.63) is 23.3 Å². The van der Waals surface area contributed by atoms with Crippen molar-refractivity contribution in [1.29, 1.82) is 0 Å². The second-order valence-electron chi connectivity index (χ2n) is 9.71. The first-order valence-electron chi connectivity index (χ1n) is 10.6. The summed E-state index contributed by atoms with van der Waals surface area (Å²) in [5.74, 6) is 2.53. The highest BCUT2D eigenvalue weighted by molar-refractivity contribution is 6.03. The van der Waals surface area contributed by atoms with Crippen LogP contribution < -0.4 is 0 Å². The van der Waals surface area contributed by atoms with Gasteiger partial charge >= 0.3 is 0 Å². The molecule has 27 heavy (non-hydrogen) atoms. The molecule has 0 N–H and O–H groups in total. The summed E-state index contributed by atoms with van der Waals surface area (Å²) < 4.78 is 10.9. The fourth-order valence-electron chi connectivity index (χ4n) is 7.19. The third-order valence-electron chi connectivity index (χ3n) is 8.68. The molecule has 146 valence electrons. The van der Waals surface area contributed by atoms with Gasteiger partial charge in [-0.2, -0.15) is 0 Å². The zero-order valence-corrected chi connectivity index (χ0v) is 16.8. The van der Waals surface area contributed by atoms with Gasteiger partial charge in [0.25, 0.3) is 6.41 Å². The summed E-state index contributed by atoms with van der Waals surface area (Å²) in [7, 11) is 1.65. The van der Waals surface area contributed by atoms with Gasteiger partial charge in [0.05, 0.1) is 12.3 Å². The van der Waals surface area contributed by atoms with Gasteiger partial charge in [0.15, 0.2) is 5.78 Å². The van der Waals surface area contributed by atoms with Crippen LogP contribution in [0.15, 0.2) is 28.3 Å². The summed E-state index contributed by atoms with van der Waals surface area (Å²) in [4.78, 5) is 16.6. The molecule has 5 aliphatic rings. The number of aliphatic imine (C=N–C) groups is 1. The lowest BCUT2D eigenvalue weighted by molar-refractivity contribution is -0.117. The average molecular weight is 370 g/mol. The van der Waals surface area contributed by atoms with Crippen LogP contribution in [0.3, 0.4) is 0 Å². The van der Waals surface area contributed by atoms with Gasteiger partial charge in [0.1, 0.15) is 0 Å². The molecule has 0 bridgehead atoms. The Morgan fingerprint density at radius 1 is 1.15 bits per heavy atom. The van der Waals surface area contributed by atoms with Crippen LogP contribution in [0.5, 0.6) is 0 Å². The Morgan fingerprint density at radius 2 is 2.00 bits per heavy atom. The van der Waals surface area contributed by atoms with E-state index in [1.807, 2.05) is 6.08 Å². The zero-order chi connectivity index (χ0) is 18.8. The van der Waals surface area contributed by atoms with Gasteiger partial charge in [-0.1, -0.05) is 25.5 Å². The average Bonchev–Trinajstić information content (AvgIpc) is 3.25. The third-order valence-corrected chi connectivity index (χ3v) is 8.68. The number of carbonyl (C=O) groups is 1. The standard InChI is InChI=1S/C23H31NO3/c1-22-10-8-15(25)12-14(22)4-5-16-17-6-7-19(20-13-27-21(24-20)26-3)23(17,2)11-9-18(16)22/h7,12,16-18,21H,4-6,8-11,13H2,1-3H3/t16-,17-,18-,21?,22-,23-/m0/s1. The Balaban J connectivity index is 1.43. The second-order valence-corrected chi connectivity index (χ2v) is 9.71. The number of rotatable bonds is 2. The molecule has 5 rings (SSSR count). The Bertz CT molecular complexity index is 766. The third kappa shape index (κ3) is 2.49. The number of carbonyl (C=O) groups excluding carboxylic acids is 1. The number of methoxy groups -OCH3 is 1. The van der Waals surface area contributed by atoms with E-state index >= 15 is 0 Å². The van der Waals surface area contributed by atoms with E-state index in [9.17, 15) is 4.79 Å². The van der Waals surface area contributed by atoms with E-state index in [2.05, 4.69) is 24.9 Å². The predicted molar refractivity (Wildman–Crippen MR) is 104 cm³/mol. The number of ether oxygens (including phenoxy) is 2. The number of allylic oxidation sites excluding steroid dienone is 3. The van der Waals surface area contributed by atoms with Gasteiger partial charge in [-0.05, 0) is 78.8 Å². The molecule has 0 saturated heterocycles. The minimum Gasteiger partial charge on any atom is -0.337 e. The van der Waals surface area contributed by atoms with E-state index in [0.29, 0.717) is 18.3 Å². The molecule has 0 aromatic rings. The maximum Gasteiger partial charge on any atom is 0.258 e. The molecule has 1 unspecified atom stereocenters. The first-order valence-corrected chi connectivity index (χ1v) is 10.6. The monoisotopic (exact) mass is 369 g/mol. The van der Waals surface area contributed by atoms with Gasteiger partial charge in [-0.15, -0.1) is 0 Å². The number of nitrogens with zero attached hydrogens (tertiary/aromatic N) is 1. The molecular weight excluding hydrogens is 338 g/mol. The van der Waals surface area contributed by atoms with Crippen LogP contribution in [0.4, 0.5) is 0 Å². The molecule has 1 aliphatic heterocycles. The van der Waals surface area contributed by atoms with Crippen molar-refractivity contribution in [2.24, 2.45) is 33.6 Å². The lowest BCUT2D eigenvalue weighted by Crippen LogP contribution is -2.50. The molecule has 6 atom stereocenters. The molecular formula is C23H31NO3. The zero-order valence-electron chi connectivity index (χ0n) is 16.8. The van der Waals surface area contributed by atoms with Crippen LogP contribution in [0.2, 0.25) is 0 Å². The summed E-state index contributed by atoms with van der Waals surface area (Å²) in [5, 5.41) is 0. The first-order chi connectivity index (χ1) is 13.0. The normalized spacial score (nSPS) is 46.2. The minimum absolute atomic E-state index is 0.216. The molecule has 0 aromatic heterocycles. The lowest BCUT2D eigenvalue weighted by Gasteiger charge is -2.57. The summed E-state index contributed by atoms with van der Waals surface area (Å²) >= 11 is 0. The van der Waals surface area contributed by atoms with Crippen molar-refractivity contribution in [3.63, 3.8) is 0 Å². The predicted octanol–water partition coefficient (Wildman–Crippen LogP) is 4.46. The summed E-state index contributed by atoms with van der Waals surface area (Å²) in [6.45, 7) is 5.49. The maximum atomic E-state index is 12.0. The van der Waals surface area contributed by atoms with Crippen molar-refractivity contribution in [2.75, 3.05) is 13.7 Å². The quantitative estimate of drug-likeness (QED) is 0.722. The lowest BCUT2D eigenvalue weighted by atomic mass is 9.47. The van der Waals surface area contributed by atoms with E-state index in [1.165, 1.54) is 30.4 Å². The van der Waals surface area contributed by atoms with Crippen LogP contribution in [0, 0.1) is 28.6 Å². The Hall–Kier alpha value is -1.26. The Labute approximate surface area is 162 Å². The highest BCUT2D eigenvalue weighted by Gasteiger charge is 2.57. The molecule has 0 spiro atoms. The highest BCUT2D eigenvalue weighted by Crippen LogP contribution is 2.65. The second kappa shape index (κ2) is 6.12. The SMILES string of the molecule is COC1N=C(C2=CC[C@H]3[C@@H]4CCC5=CC(=O)CC[C@]5(C)[C@H]4CC[C@]23C)CO1. The number of ketones is 1. The number of fused-ring (bicyclic) bond motifs is 5. The van der Waals surface area contributed by atoms with Crippen LogP contribution >= 0.6 is 0 Å². The van der Waals surface area contributed by atoms with E-state index in [0.717, 1.165) is 43.2 Å². The van der Waals surface area contributed by atoms with Crippen molar-refractivity contribution < 1.29 is 14.3 Å². The van der Waals surface area contributed by atoms with Gasteiger partial charge in [0, 0.05) is 13.5 Å². The summed E-state index contributed by atoms with van der Waals surface area (Å²) in [6.07, 6.45) is 11.8. The Kier molecular flexibility index (Phi) is 4.04. The summed E-state index contributed by atoms with van der Waals surface area (Å²) in [6, 6.07) is 0. The van der Waals surface area contributed by atoms with Crippen molar-refractivity contribution in [3.8, 4) is 0 Å². The minimum atomic E-state index is -0.430. The molecule has 0 radical (unpaired) electrons. The highest BCUT2D eigenvalue weighted by atomic mass is 16.7. The largest absolute Gasteiger partial charge is 0.337 e. The van der Waals surface area contributed by atoms with Crippen LogP contribution in [0.1, 0.15) is 58.8 Å². The van der Waals surface area contributed by atoms with E-state index in [4.69, 9.17) is 9.47 Å².